The Balaban J connectivity index is 3.18. The fourth-order valence-corrected chi connectivity index (χ4v) is 0.884. The first kappa shape index (κ1) is 11.1. The van der Waals surface area contributed by atoms with Crippen LogP contribution in [0.5, 0.6) is 5.75 Å². The second-order valence-corrected chi connectivity index (χ2v) is 2.42. The van der Waals surface area contributed by atoms with E-state index in [-0.39, 0.29) is 0 Å². The van der Waals surface area contributed by atoms with Crippen molar-refractivity contribution < 1.29 is 27.8 Å². The van der Waals surface area contributed by atoms with E-state index in [1.165, 1.54) is 0 Å². The van der Waals surface area contributed by atoms with Gasteiger partial charge in [0, 0.05) is 6.20 Å². The molecule has 0 spiro atoms. The molecule has 15 heavy (non-hydrogen) atoms. The van der Waals surface area contributed by atoms with Gasteiger partial charge >= 0.3 is 12.3 Å². The lowest BCUT2D eigenvalue weighted by molar-refractivity contribution is -0.274. The van der Waals surface area contributed by atoms with Crippen LogP contribution in [-0.2, 0) is 0 Å². The van der Waals surface area contributed by atoms with Crippen LogP contribution in [0.1, 0.15) is 10.4 Å². The number of carboxylic acid groups (broad SMARTS) is 1. The molecule has 0 saturated carbocycles. The van der Waals surface area contributed by atoms with Crippen molar-refractivity contribution in [3.63, 3.8) is 0 Å². The van der Waals surface area contributed by atoms with E-state index in [4.69, 9.17) is 10.8 Å². The van der Waals surface area contributed by atoms with E-state index in [0.29, 0.717) is 0 Å². The molecule has 0 aliphatic heterocycles. The summed E-state index contributed by atoms with van der Waals surface area (Å²) >= 11 is 0. The van der Waals surface area contributed by atoms with Gasteiger partial charge in [0.1, 0.15) is 17.1 Å². The van der Waals surface area contributed by atoms with Crippen molar-refractivity contribution in [2.24, 2.45) is 0 Å². The molecular formula is C7H5F3N2O3. The van der Waals surface area contributed by atoms with Crippen molar-refractivity contribution >= 4 is 11.8 Å². The third-order valence-corrected chi connectivity index (χ3v) is 1.38. The molecule has 1 rings (SSSR count). The molecule has 5 nitrogen and oxygen atoms in total. The van der Waals surface area contributed by atoms with Crippen LogP contribution in [0.4, 0.5) is 19.0 Å². The first-order valence-electron chi connectivity index (χ1n) is 3.55. The molecule has 0 amide bonds. The summed E-state index contributed by atoms with van der Waals surface area (Å²) in [6.07, 6.45) is -4.05. The second-order valence-electron chi connectivity index (χ2n) is 2.42. The van der Waals surface area contributed by atoms with Gasteiger partial charge in [-0.3, -0.25) is 0 Å². The van der Waals surface area contributed by atoms with Gasteiger partial charge in [-0.15, -0.1) is 13.2 Å². The zero-order chi connectivity index (χ0) is 11.6. The minimum absolute atomic E-state index is 0.538. The lowest BCUT2D eigenvalue weighted by Gasteiger charge is -2.11. The van der Waals surface area contributed by atoms with Crippen LogP contribution < -0.4 is 10.5 Å². The van der Waals surface area contributed by atoms with Crippen molar-refractivity contribution in [2.45, 2.75) is 6.36 Å². The number of hydrogen-bond acceptors (Lipinski definition) is 4. The van der Waals surface area contributed by atoms with Gasteiger partial charge in [-0.1, -0.05) is 0 Å². The topological polar surface area (TPSA) is 85.4 Å². The number of nitrogen functional groups attached to an aromatic ring is 1. The number of hydrogen-bond donors (Lipinski definition) is 2. The minimum atomic E-state index is -4.97. The molecule has 1 aromatic rings. The number of nitrogens with two attached hydrogens (primary N) is 1. The summed E-state index contributed by atoms with van der Waals surface area (Å²) in [5.41, 5.74) is 4.29. The fraction of sp³-hybridized carbons (Fsp3) is 0.143. The smallest absolute Gasteiger partial charge is 0.477 e. The van der Waals surface area contributed by atoms with E-state index in [2.05, 4.69) is 9.72 Å². The zero-order valence-corrected chi connectivity index (χ0v) is 7.08. The maximum Gasteiger partial charge on any atom is 0.573 e. The number of anilines is 1. The summed E-state index contributed by atoms with van der Waals surface area (Å²) in [5.74, 6) is -3.06. The molecule has 0 aliphatic rings. The molecule has 0 saturated heterocycles. The predicted molar refractivity (Wildman–Crippen MR) is 42.3 cm³/mol. The standard InChI is InChI=1S/C7H5F3N2O3/c8-7(9,10)15-3-1-2-12-5(11)4(3)6(13)14/h1-2H,(H2,11,12)(H,13,14). The number of halogens is 3. The molecule has 8 heteroatoms. The molecule has 0 atom stereocenters. The number of pyridine rings is 1. The number of nitrogens with zero attached hydrogens (tertiary/aromatic N) is 1. The average molecular weight is 222 g/mol. The first-order chi connectivity index (χ1) is 6.81. The molecular weight excluding hydrogens is 217 g/mol. The largest absolute Gasteiger partial charge is 0.573 e. The summed E-state index contributed by atoms with van der Waals surface area (Å²) in [5, 5.41) is 8.58. The Bertz CT molecular complexity index is 392. The molecule has 0 fully saturated rings. The number of rotatable bonds is 2. The fourth-order valence-electron chi connectivity index (χ4n) is 0.884. The predicted octanol–water partition coefficient (Wildman–Crippen LogP) is 1.26. The first-order valence-corrected chi connectivity index (χ1v) is 3.55. The maximum absolute atomic E-state index is 11.8. The maximum atomic E-state index is 11.8. The van der Waals surface area contributed by atoms with Crippen LogP contribution in [0.15, 0.2) is 12.3 Å². The van der Waals surface area contributed by atoms with Crippen molar-refractivity contribution in [1.29, 1.82) is 0 Å². The summed E-state index contributed by atoms with van der Waals surface area (Å²) in [6, 6.07) is 0.771. The Morgan fingerprint density at radius 1 is 1.53 bits per heavy atom. The molecule has 0 aromatic carbocycles. The molecule has 1 heterocycles. The van der Waals surface area contributed by atoms with E-state index in [1.807, 2.05) is 0 Å². The number of aromatic nitrogens is 1. The van der Waals surface area contributed by atoms with Gasteiger partial charge in [0.2, 0.25) is 0 Å². The van der Waals surface area contributed by atoms with Crippen molar-refractivity contribution in [2.75, 3.05) is 5.73 Å². The van der Waals surface area contributed by atoms with Gasteiger partial charge in [-0.25, -0.2) is 9.78 Å². The Morgan fingerprint density at radius 3 is 2.60 bits per heavy atom. The Hall–Kier alpha value is -1.99. The van der Waals surface area contributed by atoms with Gasteiger partial charge in [0.25, 0.3) is 0 Å². The van der Waals surface area contributed by atoms with Crippen LogP contribution in [0, 0.1) is 0 Å². The summed E-state index contributed by atoms with van der Waals surface area (Å²) in [7, 11) is 0. The van der Waals surface area contributed by atoms with Crippen LogP contribution in [-0.4, -0.2) is 22.4 Å². The number of carboxylic acids is 1. The third kappa shape index (κ3) is 2.73. The van der Waals surface area contributed by atoms with Gasteiger partial charge in [-0.05, 0) is 6.07 Å². The summed E-state index contributed by atoms with van der Waals surface area (Å²) < 4.78 is 39.0. The van der Waals surface area contributed by atoms with Gasteiger partial charge < -0.3 is 15.6 Å². The number of aromatic carboxylic acids is 1. The van der Waals surface area contributed by atoms with Crippen LogP contribution in [0.3, 0.4) is 0 Å². The summed E-state index contributed by atoms with van der Waals surface area (Å²) in [6.45, 7) is 0. The molecule has 82 valence electrons. The molecule has 1 aromatic heterocycles. The lowest BCUT2D eigenvalue weighted by atomic mass is 10.2. The van der Waals surface area contributed by atoms with Crippen LogP contribution in [0.2, 0.25) is 0 Å². The zero-order valence-electron chi connectivity index (χ0n) is 7.08. The number of ether oxygens (including phenoxy) is 1. The summed E-state index contributed by atoms with van der Waals surface area (Å²) in [4.78, 5) is 13.9. The van der Waals surface area contributed by atoms with E-state index < -0.39 is 29.5 Å². The van der Waals surface area contributed by atoms with Gasteiger partial charge in [0.05, 0.1) is 0 Å². The molecule has 3 N–H and O–H groups in total. The SMILES string of the molecule is Nc1nccc(OC(F)(F)F)c1C(=O)O. The van der Waals surface area contributed by atoms with Crippen molar-refractivity contribution in [1.82, 2.24) is 4.98 Å². The van der Waals surface area contributed by atoms with Crippen molar-refractivity contribution in [3.8, 4) is 5.75 Å². The average Bonchev–Trinajstić information content (AvgIpc) is 1.99. The molecule has 0 aliphatic carbocycles. The molecule has 0 radical (unpaired) electrons. The Kier molecular flexibility index (Phi) is 2.69. The Morgan fingerprint density at radius 2 is 2.13 bits per heavy atom. The number of carbonyl (C=O) groups is 1. The highest BCUT2D eigenvalue weighted by molar-refractivity contribution is 5.95. The van der Waals surface area contributed by atoms with Gasteiger partial charge in [-0.2, -0.15) is 0 Å². The van der Waals surface area contributed by atoms with E-state index >= 15 is 0 Å². The quantitative estimate of drug-likeness (QED) is 0.786. The Labute approximate surface area is 81.3 Å². The second kappa shape index (κ2) is 3.64. The van der Waals surface area contributed by atoms with E-state index in [9.17, 15) is 18.0 Å². The highest BCUT2D eigenvalue weighted by atomic mass is 19.4. The van der Waals surface area contributed by atoms with Crippen LogP contribution >= 0.6 is 0 Å². The van der Waals surface area contributed by atoms with E-state index in [0.717, 1.165) is 12.3 Å². The monoisotopic (exact) mass is 222 g/mol. The van der Waals surface area contributed by atoms with Crippen LogP contribution in [0.25, 0.3) is 0 Å². The normalized spacial score (nSPS) is 11.1. The molecule has 0 bridgehead atoms. The highest BCUT2D eigenvalue weighted by Gasteiger charge is 2.33. The molecule has 0 unspecified atom stereocenters. The van der Waals surface area contributed by atoms with E-state index in [1.54, 1.807) is 0 Å². The minimum Gasteiger partial charge on any atom is -0.477 e. The highest BCUT2D eigenvalue weighted by Crippen LogP contribution is 2.28. The third-order valence-electron chi connectivity index (χ3n) is 1.38. The number of alkyl halides is 3. The van der Waals surface area contributed by atoms with Gasteiger partial charge in [0.15, 0.2) is 0 Å². The van der Waals surface area contributed by atoms with Crippen molar-refractivity contribution in [3.05, 3.63) is 17.8 Å². The lowest BCUT2D eigenvalue weighted by Crippen LogP contribution is -2.20.